The van der Waals surface area contributed by atoms with Gasteiger partial charge in [-0.05, 0) is 17.5 Å². The minimum absolute atomic E-state index is 0.261. The summed E-state index contributed by atoms with van der Waals surface area (Å²) in [6.45, 7) is 7.60. The van der Waals surface area contributed by atoms with Crippen LogP contribution in [-0.2, 0) is 0 Å². The summed E-state index contributed by atoms with van der Waals surface area (Å²) in [6, 6.07) is 3.85. The fraction of sp³-hybridized carbons (Fsp3) is 0.500. The second kappa shape index (κ2) is 4.78. The molecule has 0 radical (unpaired) electrons. The quantitative estimate of drug-likeness (QED) is 0.818. The third-order valence-electron chi connectivity index (χ3n) is 2.15. The van der Waals surface area contributed by atoms with Gasteiger partial charge in [0.05, 0.1) is 17.6 Å². The van der Waals surface area contributed by atoms with Gasteiger partial charge >= 0.3 is 0 Å². The highest BCUT2D eigenvalue weighted by Crippen LogP contribution is 2.19. The number of hydrogen-bond acceptors (Lipinski definition) is 3. The van der Waals surface area contributed by atoms with Crippen molar-refractivity contribution in [2.24, 2.45) is 11.1 Å². The molecule has 1 rings (SSSR count). The molecule has 0 unspecified atom stereocenters. The van der Waals surface area contributed by atoms with Gasteiger partial charge in [0.1, 0.15) is 4.99 Å². The molecule has 3 nitrogen and oxygen atoms in total. The van der Waals surface area contributed by atoms with Crippen molar-refractivity contribution in [2.45, 2.75) is 20.8 Å². The highest BCUT2D eigenvalue weighted by molar-refractivity contribution is 7.80. The van der Waals surface area contributed by atoms with Crippen LogP contribution in [0, 0.1) is 5.41 Å². The Hall–Kier alpha value is -1.16. The average molecular weight is 237 g/mol. The normalized spacial score (nSPS) is 11.2. The second-order valence-corrected chi connectivity index (χ2v) is 5.62. The summed E-state index contributed by atoms with van der Waals surface area (Å²) in [5.74, 6) is 0. The van der Waals surface area contributed by atoms with E-state index in [1.54, 1.807) is 6.20 Å². The van der Waals surface area contributed by atoms with Gasteiger partial charge in [-0.15, -0.1) is 0 Å². The van der Waals surface area contributed by atoms with Gasteiger partial charge in [-0.2, -0.15) is 0 Å². The highest BCUT2D eigenvalue weighted by Gasteiger charge is 2.14. The first kappa shape index (κ1) is 12.9. The van der Waals surface area contributed by atoms with Gasteiger partial charge in [-0.25, -0.2) is 0 Å². The summed E-state index contributed by atoms with van der Waals surface area (Å²) >= 11 is 4.86. The number of nitrogens with two attached hydrogens (primary N) is 1. The van der Waals surface area contributed by atoms with Crippen LogP contribution in [0.15, 0.2) is 18.3 Å². The first-order valence-electron chi connectivity index (χ1n) is 5.26. The zero-order valence-corrected chi connectivity index (χ0v) is 11.1. The van der Waals surface area contributed by atoms with Crippen LogP contribution in [0.4, 0.5) is 5.69 Å². The van der Waals surface area contributed by atoms with Gasteiger partial charge in [0.15, 0.2) is 0 Å². The zero-order chi connectivity index (χ0) is 12.3. The molecule has 16 heavy (non-hydrogen) atoms. The number of anilines is 1. The molecule has 2 N–H and O–H groups in total. The van der Waals surface area contributed by atoms with Crippen LogP contribution in [0.5, 0.6) is 0 Å². The lowest BCUT2D eigenvalue weighted by atomic mass is 9.96. The van der Waals surface area contributed by atoms with Crippen molar-refractivity contribution in [3.8, 4) is 0 Å². The molecular formula is C12H19N3S. The third-order valence-corrected chi connectivity index (χ3v) is 2.36. The third kappa shape index (κ3) is 3.77. The number of nitrogens with zero attached hydrogens (tertiary/aromatic N) is 2. The largest absolute Gasteiger partial charge is 0.388 e. The van der Waals surface area contributed by atoms with E-state index in [4.69, 9.17) is 18.0 Å². The molecule has 0 aromatic carbocycles. The Morgan fingerprint density at radius 3 is 2.44 bits per heavy atom. The Balaban J connectivity index is 2.78. The molecule has 0 spiro atoms. The molecular weight excluding hydrogens is 218 g/mol. The van der Waals surface area contributed by atoms with Crippen LogP contribution in [0.3, 0.4) is 0 Å². The van der Waals surface area contributed by atoms with Crippen molar-refractivity contribution in [1.29, 1.82) is 0 Å². The predicted octanol–water partition coefficient (Wildman–Crippen LogP) is 2.20. The van der Waals surface area contributed by atoms with Crippen LogP contribution < -0.4 is 10.6 Å². The van der Waals surface area contributed by atoms with Crippen molar-refractivity contribution in [3.63, 3.8) is 0 Å². The van der Waals surface area contributed by atoms with E-state index in [0.29, 0.717) is 10.7 Å². The molecule has 0 aliphatic carbocycles. The van der Waals surface area contributed by atoms with Gasteiger partial charge in [0.25, 0.3) is 0 Å². The van der Waals surface area contributed by atoms with Crippen molar-refractivity contribution in [2.75, 3.05) is 18.5 Å². The number of thiocarbonyl (C=S) groups is 1. The molecule has 0 aliphatic heterocycles. The zero-order valence-electron chi connectivity index (χ0n) is 10.3. The molecule has 0 fully saturated rings. The van der Waals surface area contributed by atoms with Crippen molar-refractivity contribution < 1.29 is 0 Å². The van der Waals surface area contributed by atoms with Crippen LogP contribution in [0.25, 0.3) is 0 Å². The molecule has 1 aromatic rings. The van der Waals surface area contributed by atoms with Gasteiger partial charge in [-0.3, -0.25) is 4.98 Å². The van der Waals surface area contributed by atoms with Crippen molar-refractivity contribution >= 4 is 22.9 Å². The highest BCUT2D eigenvalue weighted by atomic mass is 32.1. The molecule has 0 bridgehead atoms. The van der Waals surface area contributed by atoms with Gasteiger partial charge in [0, 0.05) is 13.6 Å². The fourth-order valence-electron chi connectivity index (χ4n) is 1.56. The number of rotatable bonds is 3. The predicted molar refractivity (Wildman–Crippen MR) is 72.8 cm³/mol. The lowest BCUT2D eigenvalue weighted by Crippen LogP contribution is -2.29. The maximum atomic E-state index is 5.50. The Morgan fingerprint density at radius 1 is 1.44 bits per heavy atom. The Kier molecular flexibility index (Phi) is 3.86. The molecule has 4 heteroatoms. The van der Waals surface area contributed by atoms with E-state index in [2.05, 4.69) is 37.7 Å². The Morgan fingerprint density at radius 2 is 2.06 bits per heavy atom. The summed E-state index contributed by atoms with van der Waals surface area (Å²) in [4.78, 5) is 6.74. The van der Waals surface area contributed by atoms with Gasteiger partial charge < -0.3 is 10.6 Å². The van der Waals surface area contributed by atoms with E-state index in [9.17, 15) is 0 Å². The maximum absolute atomic E-state index is 5.50. The first-order valence-corrected chi connectivity index (χ1v) is 5.67. The molecule has 88 valence electrons. The maximum Gasteiger partial charge on any atom is 0.122 e. The minimum Gasteiger partial charge on any atom is -0.388 e. The van der Waals surface area contributed by atoms with Gasteiger partial charge in [0.2, 0.25) is 0 Å². The molecule has 0 saturated carbocycles. The van der Waals surface area contributed by atoms with Crippen LogP contribution in [0.1, 0.15) is 26.5 Å². The molecule has 0 saturated heterocycles. The Bertz CT molecular complexity index is 365. The van der Waals surface area contributed by atoms with Crippen molar-refractivity contribution in [1.82, 2.24) is 4.98 Å². The van der Waals surface area contributed by atoms with Crippen LogP contribution >= 0.6 is 12.2 Å². The fourth-order valence-corrected chi connectivity index (χ4v) is 1.68. The lowest BCUT2D eigenvalue weighted by Gasteiger charge is -2.28. The molecule has 0 atom stereocenters. The van der Waals surface area contributed by atoms with Gasteiger partial charge in [-0.1, -0.05) is 33.0 Å². The number of hydrogen-bond donors (Lipinski definition) is 1. The second-order valence-electron chi connectivity index (χ2n) is 5.18. The Labute approximate surface area is 103 Å². The standard InChI is InChI=1S/C12H19N3S/c1-12(2,3)8-15(4)9-5-6-10(11(13)16)14-7-9/h5-7H,8H2,1-4H3,(H2,13,16). The molecule has 0 aliphatic rings. The number of aromatic nitrogens is 1. The summed E-state index contributed by atoms with van der Waals surface area (Å²) in [7, 11) is 2.06. The smallest absolute Gasteiger partial charge is 0.122 e. The van der Waals surface area contributed by atoms with E-state index in [1.807, 2.05) is 12.1 Å². The first-order chi connectivity index (χ1) is 7.29. The summed E-state index contributed by atoms with van der Waals surface area (Å²) in [5.41, 5.74) is 7.51. The van der Waals surface area contributed by atoms with E-state index >= 15 is 0 Å². The molecule has 0 amide bonds. The van der Waals surface area contributed by atoms with Crippen LogP contribution in [-0.4, -0.2) is 23.6 Å². The molecule has 1 heterocycles. The van der Waals surface area contributed by atoms with E-state index in [-0.39, 0.29) is 5.41 Å². The van der Waals surface area contributed by atoms with E-state index in [0.717, 1.165) is 12.2 Å². The lowest BCUT2D eigenvalue weighted by molar-refractivity contribution is 0.419. The monoisotopic (exact) mass is 237 g/mol. The van der Waals surface area contributed by atoms with Crippen LogP contribution in [0.2, 0.25) is 0 Å². The topological polar surface area (TPSA) is 42.1 Å². The summed E-state index contributed by atoms with van der Waals surface area (Å²) in [5, 5.41) is 0. The van der Waals surface area contributed by atoms with E-state index in [1.165, 1.54) is 0 Å². The molecule has 1 aromatic heterocycles. The van der Waals surface area contributed by atoms with E-state index < -0.39 is 0 Å². The van der Waals surface area contributed by atoms with Crippen molar-refractivity contribution in [3.05, 3.63) is 24.0 Å². The summed E-state index contributed by atoms with van der Waals surface area (Å²) in [6.07, 6.45) is 1.81. The SMILES string of the molecule is CN(CC(C)(C)C)c1ccc(C(N)=S)nc1. The average Bonchev–Trinajstić information content (AvgIpc) is 2.15. The summed E-state index contributed by atoms with van der Waals surface area (Å²) < 4.78 is 0. The number of pyridine rings is 1. The minimum atomic E-state index is 0.261.